The highest BCUT2D eigenvalue weighted by Gasteiger charge is 2.36. The summed E-state index contributed by atoms with van der Waals surface area (Å²) >= 11 is 0. The van der Waals surface area contributed by atoms with Gasteiger partial charge in [-0.1, -0.05) is 0 Å². The van der Waals surface area contributed by atoms with Gasteiger partial charge < -0.3 is 0 Å². The van der Waals surface area contributed by atoms with E-state index in [1.54, 1.807) is 0 Å². The number of hydrogen-bond acceptors (Lipinski definition) is 1. The molecule has 0 saturated carbocycles. The van der Waals surface area contributed by atoms with E-state index < -0.39 is 17.8 Å². The van der Waals surface area contributed by atoms with Crippen LogP contribution >= 0.6 is 0 Å². The van der Waals surface area contributed by atoms with Crippen LogP contribution in [-0.2, 0) is 4.79 Å². The van der Waals surface area contributed by atoms with E-state index in [1.807, 2.05) is 6.08 Å². The molecule has 1 rings (SSSR count). The Bertz CT molecular complexity index is 239. The molecule has 0 saturated heterocycles. The Balaban J connectivity index is 2.83. The predicted octanol–water partition coefficient (Wildman–Crippen LogP) is 0.937. The second-order valence-electron chi connectivity index (χ2n) is 1.78. The van der Waals surface area contributed by atoms with Crippen molar-refractivity contribution >= 4 is 5.91 Å². The van der Waals surface area contributed by atoms with Crippen LogP contribution in [0, 0.1) is 6.08 Å². The van der Waals surface area contributed by atoms with Crippen LogP contribution in [0.25, 0.3) is 0 Å². The maximum absolute atomic E-state index is 11.8. The van der Waals surface area contributed by atoms with Crippen LogP contribution in [0.15, 0.2) is 17.8 Å². The van der Waals surface area contributed by atoms with Crippen molar-refractivity contribution in [3.63, 3.8) is 0 Å². The molecular weight excluding hydrogens is 159 g/mol. The van der Waals surface area contributed by atoms with Crippen LogP contribution in [0.5, 0.6) is 0 Å². The fourth-order valence-electron chi connectivity index (χ4n) is 0.529. The van der Waals surface area contributed by atoms with Gasteiger partial charge in [-0.15, -0.1) is 0 Å². The zero-order chi connectivity index (χ0) is 8.48. The first-order chi connectivity index (χ1) is 5.00. The quantitative estimate of drug-likeness (QED) is 0.520. The number of nitrogens with zero attached hydrogens (tertiary/aromatic N) is 1. The zero-order valence-corrected chi connectivity index (χ0v) is 5.14. The highest BCUT2D eigenvalue weighted by atomic mass is 19.4. The molecule has 1 heterocycles. The lowest BCUT2D eigenvalue weighted by Gasteiger charge is -2.10. The van der Waals surface area contributed by atoms with Crippen molar-refractivity contribution in [3.8, 4) is 0 Å². The van der Waals surface area contributed by atoms with Crippen molar-refractivity contribution in [1.82, 2.24) is 5.32 Å². The maximum Gasteiger partial charge on any atom is 0.433 e. The molecule has 0 unspecified atom stereocenters. The van der Waals surface area contributed by atoms with Crippen LogP contribution in [0.4, 0.5) is 13.2 Å². The van der Waals surface area contributed by atoms with E-state index in [0.29, 0.717) is 6.08 Å². The minimum absolute atomic E-state index is 0.696. The van der Waals surface area contributed by atoms with Crippen molar-refractivity contribution in [2.45, 2.75) is 6.18 Å². The Morgan fingerprint density at radius 3 is 2.45 bits per heavy atom. The number of hydrogen-bond donors (Lipinski definition) is 0. The van der Waals surface area contributed by atoms with Gasteiger partial charge in [-0.25, -0.2) is 5.32 Å². The third-order valence-electron chi connectivity index (χ3n) is 0.960. The fraction of sp³-hybridized carbons (Fsp3) is 0.167. The summed E-state index contributed by atoms with van der Waals surface area (Å²) in [5.41, 5.74) is -1.18. The fourth-order valence-corrected chi connectivity index (χ4v) is 0.529. The SMILES string of the molecule is O=C1[C]=CC=C(C(F)(F)F)[N]1. The van der Waals surface area contributed by atoms with E-state index in [-0.39, 0.29) is 0 Å². The van der Waals surface area contributed by atoms with Gasteiger partial charge in [-0.2, -0.15) is 13.2 Å². The summed E-state index contributed by atoms with van der Waals surface area (Å²) in [6.45, 7) is 0. The molecule has 0 aromatic rings. The Hall–Kier alpha value is -1.26. The lowest BCUT2D eigenvalue weighted by atomic mass is 10.3. The molecule has 2 radical (unpaired) electrons. The lowest BCUT2D eigenvalue weighted by Crippen LogP contribution is -2.26. The molecule has 58 valence electrons. The summed E-state index contributed by atoms with van der Waals surface area (Å²) in [4.78, 5) is 10.3. The van der Waals surface area contributed by atoms with Crippen LogP contribution in [-0.4, -0.2) is 12.1 Å². The predicted molar refractivity (Wildman–Crippen MR) is 29.1 cm³/mol. The number of halogens is 3. The maximum atomic E-state index is 11.8. The van der Waals surface area contributed by atoms with Gasteiger partial charge in [0.15, 0.2) is 0 Å². The van der Waals surface area contributed by atoms with E-state index >= 15 is 0 Å². The number of carbonyl (C=O) groups excluding carboxylic acids is 1. The molecule has 0 aromatic carbocycles. The molecule has 2 nitrogen and oxygen atoms in total. The van der Waals surface area contributed by atoms with E-state index in [1.165, 1.54) is 0 Å². The largest absolute Gasteiger partial charge is 0.433 e. The molecule has 11 heavy (non-hydrogen) atoms. The number of allylic oxidation sites excluding steroid dienone is 3. The summed E-state index contributed by atoms with van der Waals surface area (Å²) in [5.74, 6) is -1.00. The van der Waals surface area contributed by atoms with Crippen molar-refractivity contribution in [1.29, 1.82) is 0 Å². The van der Waals surface area contributed by atoms with Gasteiger partial charge in [0.1, 0.15) is 5.70 Å². The summed E-state index contributed by atoms with van der Waals surface area (Å²) < 4.78 is 35.3. The molecule has 0 aliphatic carbocycles. The zero-order valence-electron chi connectivity index (χ0n) is 5.14. The summed E-state index contributed by atoms with van der Waals surface area (Å²) in [6, 6.07) is 0. The van der Waals surface area contributed by atoms with Gasteiger partial charge in [0.05, 0.1) is 6.08 Å². The molecule has 1 aliphatic rings. The first-order valence-electron chi connectivity index (χ1n) is 2.63. The molecule has 0 spiro atoms. The Morgan fingerprint density at radius 1 is 1.45 bits per heavy atom. The second-order valence-corrected chi connectivity index (χ2v) is 1.78. The number of carbonyl (C=O) groups is 1. The third-order valence-corrected chi connectivity index (χ3v) is 0.960. The number of rotatable bonds is 0. The molecule has 0 aromatic heterocycles. The van der Waals surface area contributed by atoms with Crippen LogP contribution in [0.3, 0.4) is 0 Å². The standard InChI is InChI=1S/C6H2F3NO/c7-6(8,9)4-2-1-3-5(11)10-4/h1-2H. The second kappa shape index (κ2) is 2.41. The van der Waals surface area contributed by atoms with Gasteiger partial charge in [-0.3, -0.25) is 4.79 Å². The van der Waals surface area contributed by atoms with Gasteiger partial charge in [0.2, 0.25) is 0 Å². The first-order valence-corrected chi connectivity index (χ1v) is 2.63. The van der Waals surface area contributed by atoms with E-state index in [9.17, 15) is 18.0 Å². The van der Waals surface area contributed by atoms with E-state index in [4.69, 9.17) is 0 Å². The summed E-state index contributed by atoms with van der Waals surface area (Å²) in [5, 5.41) is 2.71. The van der Waals surface area contributed by atoms with Crippen molar-refractivity contribution in [2.75, 3.05) is 0 Å². The third kappa shape index (κ3) is 1.83. The minimum Gasteiger partial charge on any atom is -0.267 e. The monoisotopic (exact) mass is 161 g/mol. The topological polar surface area (TPSA) is 31.2 Å². The highest BCUT2D eigenvalue weighted by molar-refractivity contribution is 5.86. The van der Waals surface area contributed by atoms with E-state index in [0.717, 1.165) is 6.08 Å². The van der Waals surface area contributed by atoms with Crippen LogP contribution in [0.1, 0.15) is 0 Å². The van der Waals surface area contributed by atoms with Crippen molar-refractivity contribution in [2.24, 2.45) is 0 Å². The highest BCUT2D eigenvalue weighted by Crippen LogP contribution is 2.25. The molecule has 1 amide bonds. The summed E-state index contributed by atoms with van der Waals surface area (Å²) in [7, 11) is 0. The molecule has 0 bridgehead atoms. The minimum atomic E-state index is -4.55. The first kappa shape index (κ1) is 7.84. The molecule has 5 heteroatoms. The summed E-state index contributed by atoms with van der Waals surface area (Å²) in [6.07, 6.45) is -0.973. The Kier molecular flexibility index (Phi) is 1.72. The molecule has 0 fully saturated rings. The molecule has 0 atom stereocenters. The normalized spacial score (nSPS) is 17.7. The number of alkyl halides is 3. The van der Waals surface area contributed by atoms with Crippen LogP contribution < -0.4 is 5.32 Å². The van der Waals surface area contributed by atoms with Gasteiger partial charge in [-0.05, 0) is 12.2 Å². The molecule has 1 aliphatic heterocycles. The van der Waals surface area contributed by atoms with Gasteiger partial charge in [0.25, 0.3) is 5.91 Å². The molecule has 0 N–H and O–H groups in total. The van der Waals surface area contributed by atoms with Crippen molar-refractivity contribution in [3.05, 3.63) is 23.9 Å². The van der Waals surface area contributed by atoms with Gasteiger partial charge in [0, 0.05) is 0 Å². The average Bonchev–Trinajstić information content (AvgIpc) is 1.86. The Labute approximate surface area is 60.4 Å². The Morgan fingerprint density at radius 2 is 2.09 bits per heavy atom. The smallest absolute Gasteiger partial charge is 0.267 e. The number of amides is 1. The lowest BCUT2D eigenvalue weighted by molar-refractivity contribution is -0.123. The average molecular weight is 161 g/mol. The van der Waals surface area contributed by atoms with Crippen LogP contribution in [0.2, 0.25) is 0 Å². The van der Waals surface area contributed by atoms with Gasteiger partial charge >= 0.3 is 6.18 Å². The molecular formula is C6H2F3NO. The van der Waals surface area contributed by atoms with Crippen molar-refractivity contribution < 1.29 is 18.0 Å². The van der Waals surface area contributed by atoms with E-state index in [2.05, 4.69) is 5.32 Å².